The van der Waals surface area contributed by atoms with Gasteiger partial charge in [0.05, 0.1) is 7.11 Å². The highest BCUT2D eigenvalue weighted by molar-refractivity contribution is 5.84. The van der Waals surface area contributed by atoms with E-state index in [1.54, 1.807) is 28.8 Å². The van der Waals surface area contributed by atoms with Crippen molar-refractivity contribution in [2.45, 2.75) is 32.7 Å². The Kier molecular flexibility index (Phi) is 5.53. The number of benzene rings is 1. The first-order valence-corrected chi connectivity index (χ1v) is 8.72. The lowest BCUT2D eigenvalue weighted by atomic mass is 10.0. The lowest BCUT2D eigenvalue weighted by Crippen LogP contribution is -2.34. The zero-order valence-electron chi connectivity index (χ0n) is 15.8. The van der Waals surface area contributed by atoms with Gasteiger partial charge in [0.15, 0.2) is 6.04 Å². The van der Waals surface area contributed by atoms with Crippen molar-refractivity contribution in [2.24, 2.45) is 0 Å². The molecule has 146 valence electrons. The summed E-state index contributed by atoms with van der Waals surface area (Å²) >= 11 is 0. The number of carbonyl (C=O) groups is 2. The Morgan fingerprint density at radius 3 is 2.61 bits per heavy atom. The van der Waals surface area contributed by atoms with Crippen molar-refractivity contribution in [2.75, 3.05) is 7.11 Å². The van der Waals surface area contributed by atoms with Crippen molar-refractivity contribution in [3.63, 3.8) is 0 Å². The van der Waals surface area contributed by atoms with E-state index in [4.69, 9.17) is 4.74 Å². The lowest BCUT2D eigenvalue weighted by Gasteiger charge is -2.16. The van der Waals surface area contributed by atoms with E-state index >= 15 is 0 Å². The summed E-state index contributed by atoms with van der Waals surface area (Å²) in [6, 6.07) is 5.42. The van der Waals surface area contributed by atoms with E-state index in [1.807, 2.05) is 13.8 Å². The highest BCUT2D eigenvalue weighted by Gasteiger charge is 2.22. The third kappa shape index (κ3) is 3.93. The maximum Gasteiger partial charge on any atom is 0.330 e. The summed E-state index contributed by atoms with van der Waals surface area (Å²) in [5, 5.41) is 16.2. The summed E-state index contributed by atoms with van der Waals surface area (Å²) in [7, 11) is 1.53. The van der Waals surface area contributed by atoms with Crippen LogP contribution in [0.5, 0.6) is 5.75 Å². The fraction of sp³-hybridized carbons (Fsp3) is 0.316. The monoisotopic (exact) mass is 383 g/mol. The zero-order chi connectivity index (χ0) is 20.3. The topological polar surface area (TPSA) is 119 Å². The van der Waals surface area contributed by atoms with Crippen molar-refractivity contribution >= 4 is 17.7 Å². The quantitative estimate of drug-likeness (QED) is 0.636. The normalized spacial score (nSPS) is 12.0. The van der Waals surface area contributed by atoms with E-state index < -0.39 is 12.0 Å². The Morgan fingerprint density at radius 1 is 1.25 bits per heavy atom. The van der Waals surface area contributed by atoms with Gasteiger partial charge in [-0.05, 0) is 43.5 Å². The average molecular weight is 383 g/mol. The van der Waals surface area contributed by atoms with E-state index in [9.17, 15) is 14.7 Å². The van der Waals surface area contributed by atoms with E-state index in [0.29, 0.717) is 23.5 Å². The molecule has 0 bridgehead atoms. The first-order chi connectivity index (χ1) is 13.4. The van der Waals surface area contributed by atoms with E-state index in [0.717, 1.165) is 17.0 Å². The van der Waals surface area contributed by atoms with Crippen LogP contribution in [0.2, 0.25) is 0 Å². The number of hydrogen-bond donors (Lipinski definition) is 2. The van der Waals surface area contributed by atoms with Crippen LogP contribution in [0.1, 0.15) is 35.0 Å². The van der Waals surface area contributed by atoms with Gasteiger partial charge in [0.1, 0.15) is 12.1 Å². The molecule has 2 aromatic heterocycles. The van der Waals surface area contributed by atoms with Crippen LogP contribution >= 0.6 is 0 Å². The van der Waals surface area contributed by atoms with Gasteiger partial charge in [-0.15, -0.1) is 0 Å². The van der Waals surface area contributed by atoms with Crippen LogP contribution in [0, 0.1) is 13.8 Å². The number of ether oxygens (including phenoxy) is 1. The minimum Gasteiger partial charge on any atom is -0.497 e. The molecular formula is C19H21N5O4. The summed E-state index contributed by atoms with van der Waals surface area (Å²) in [6.07, 6.45) is 1.97. The molecule has 1 atom stereocenters. The Labute approximate surface area is 161 Å². The number of hydrogen-bond acceptors (Lipinski definition) is 6. The number of carboxylic acids is 1. The first-order valence-electron chi connectivity index (χ1n) is 8.72. The average Bonchev–Trinajstić information content (AvgIpc) is 3.14. The second kappa shape index (κ2) is 8.03. The van der Waals surface area contributed by atoms with Crippen molar-refractivity contribution in [1.29, 1.82) is 0 Å². The van der Waals surface area contributed by atoms with Gasteiger partial charge in [-0.25, -0.2) is 14.3 Å². The molecular weight excluding hydrogens is 362 g/mol. The summed E-state index contributed by atoms with van der Waals surface area (Å²) in [6.45, 7) is 3.74. The summed E-state index contributed by atoms with van der Waals surface area (Å²) in [4.78, 5) is 32.5. The third-order valence-electron chi connectivity index (χ3n) is 4.59. The fourth-order valence-electron chi connectivity index (χ4n) is 3.07. The van der Waals surface area contributed by atoms with Crippen LogP contribution < -0.4 is 10.1 Å². The van der Waals surface area contributed by atoms with Crippen molar-refractivity contribution in [1.82, 2.24) is 24.9 Å². The molecule has 28 heavy (non-hydrogen) atoms. The molecule has 2 heterocycles. The number of fused-ring (bicyclic) bond motifs is 1. The third-order valence-corrected chi connectivity index (χ3v) is 4.59. The van der Waals surface area contributed by atoms with Crippen LogP contribution in [0.3, 0.4) is 0 Å². The predicted molar refractivity (Wildman–Crippen MR) is 100 cm³/mol. The SMILES string of the molecule is COc1ccc(C(NC(=O)CCc2c(C)nc3ncnn3c2C)C(=O)O)cc1. The fourth-order valence-corrected chi connectivity index (χ4v) is 3.07. The molecule has 0 radical (unpaired) electrons. The van der Waals surface area contributed by atoms with Crippen molar-refractivity contribution < 1.29 is 19.4 Å². The minimum atomic E-state index is -1.13. The highest BCUT2D eigenvalue weighted by Crippen LogP contribution is 2.19. The van der Waals surface area contributed by atoms with Crippen LogP contribution in [0.25, 0.3) is 5.78 Å². The molecule has 3 rings (SSSR count). The molecule has 0 aliphatic heterocycles. The van der Waals surface area contributed by atoms with Gasteiger partial charge in [-0.1, -0.05) is 12.1 Å². The predicted octanol–water partition coefficient (Wildman–Crippen LogP) is 1.62. The summed E-state index contributed by atoms with van der Waals surface area (Å²) in [5.74, 6) is -0.368. The van der Waals surface area contributed by atoms with E-state index in [1.165, 1.54) is 13.4 Å². The van der Waals surface area contributed by atoms with Gasteiger partial charge < -0.3 is 15.2 Å². The summed E-state index contributed by atoms with van der Waals surface area (Å²) in [5.41, 5.74) is 3.00. The molecule has 9 heteroatoms. The number of methoxy groups -OCH3 is 1. The zero-order valence-corrected chi connectivity index (χ0v) is 15.8. The van der Waals surface area contributed by atoms with Crippen molar-refractivity contribution in [3.8, 4) is 5.75 Å². The molecule has 3 aromatic rings. The number of aliphatic carboxylic acids is 1. The molecule has 0 aliphatic rings. The molecule has 1 unspecified atom stereocenters. The lowest BCUT2D eigenvalue weighted by molar-refractivity contribution is -0.142. The Morgan fingerprint density at radius 2 is 1.96 bits per heavy atom. The Balaban J connectivity index is 1.71. The van der Waals surface area contributed by atoms with Crippen LogP contribution in [-0.2, 0) is 16.0 Å². The van der Waals surface area contributed by atoms with Gasteiger partial charge in [-0.3, -0.25) is 4.79 Å². The molecule has 0 aliphatic carbocycles. The van der Waals surface area contributed by atoms with Crippen LogP contribution in [-0.4, -0.2) is 43.7 Å². The number of aromatic nitrogens is 4. The van der Waals surface area contributed by atoms with Crippen molar-refractivity contribution in [3.05, 3.63) is 53.1 Å². The maximum atomic E-state index is 12.4. The highest BCUT2D eigenvalue weighted by atomic mass is 16.5. The number of nitrogens with one attached hydrogen (secondary N) is 1. The van der Waals surface area contributed by atoms with E-state index in [2.05, 4.69) is 20.4 Å². The van der Waals surface area contributed by atoms with E-state index in [-0.39, 0.29) is 12.3 Å². The van der Waals surface area contributed by atoms with Gasteiger partial charge >= 0.3 is 5.97 Å². The number of amides is 1. The molecule has 1 aromatic carbocycles. The summed E-state index contributed by atoms with van der Waals surface area (Å²) < 4.78 is 6.70. The first kappa shape index (κ1) is 19.3. The van der Waals surface area contributed by atoms with Crippen LogP contribution in [0.4, 0.5) is 0 Å². The molecule has 0 spiro atoms. The Hall–Kier alpha value is -3.49. The Bertz CT molecular complexity index is 1010. The number of nitrogens with zero attached hydrogens (tertiary/aromatic N) is 4. The molecule has 0 saturated heterocycles. The van der Waals surface area contributed by atoms with Crippen LogP contribution in [0.15, 0.2) is 30.6 Å². The number of aryl methyl sites for hydroxylation is 2. The second-order valence-corrected chi connectivity index (χ2v) is 6.34. The molecule has 0 fully saturated rings. The number of carboxylic acid groups (broad SMARTS) is 1. The van der Waals surface area contributed by atoms with Gasteiger partial charge in [0.25, 0.3) is 5.78 Å². The van der Waals surface area contributed by atoms with Gasteiger partial charge in [0, 0.05) is 17.8 Å². The van der Waals surface area contributed by atoms with Gasteiger partial charge in [-0.2, -0.15) is 10.1 Å². The molecule has 0 saturated carbocycles. The molecule has 2 N–H and O–H groups in total. The molecule has 9 nitrogen and oxygen atoms in total. The number of carbonyl (C=O) groups excluding carboxylic acids is 1. The van der Waals surface area contributed by atoms with Gasteiger partial charge in [0.2, 0.25) is 5.91 Å². The number of rotatable bonds is 7. The second-order valence-electron chi connectivity index (χ2n) is 6.34. The largest absolute Gasteiger partial charge is 0.497 e. The minimum absolute atomic E-state index is 0.128. The smallest absolute Gasteiger partial charge is 0.330 e. The molecule has 1 amide bonds. The standard InChI is InChI=1S/C19H21N5O4/c1-11-15(12(2)24-19(22-11)20-10-21-24)8-9-16(25)23-17(18(26)27)13-4-6-14(28-3)7-5-13/h4-7,10,17H,8-9H2,1-3H3,(H,23,25)(H,26,27). The maximum absolute atomic E-state index is 12.4.